The van der Waals surface area contributed by atoms with Crippen LogP contribution in [0.5, 0.6) is 0 Å². The lowest BCUT2D eigenvalue weighted by atomic mass is 10.2. The molecule has 0 amide bonds. The summed E-state index contributed by atoms with van der Waals surface area (Å²) in [7, 11) is 0. The number of hydrogen-bond acceptors (Lipinski definition) is 3. The zero-order chi connectivity index (χ0) is 11.5. The van der Waals surface area contributed by atoms with Crippen molar-refractivity contribution in [1.29, 1.82) is 0 Å². The molecule has 0 aliphatic heterocycles. The molecule has 0 fully saturated rings. The van der Waals surface area contributed by atoms with Gasteiger partial charge < -0.3 is 5.11 Å². The summed E-state index contributed by atoms with van der Waals surface area (Å²) >= 11 is 1.51. The van der Waals surface area contributed by atoms with Gasteiger partial charge in [0.2, 0.25) is 0 Å². The van der Waals surface area contributed by atoms with E-state index in [0.717, 1.165) is 27.7 Å². The molecule has 0 atom stereocenters. The van der Waals surface area contributed by atoms with Gasteiger partial charge in [0.1, 0.15) is 5.01 Å². The van der Waals surface area contributed by atoms with Gasteiger partial charge in [-0.05, 0) is 30.2 Å². The number of benzene rings is 1. The second kappa shape index (κ2) is 4.45. The van der Waals surface area contributed by atoms with Crippen LogP contribution in [0.15, 0.2) is 24.3 Å². The van der Waals surface area contributed by atoms with Crippen LogP contribution >= 0.6 is 11.3 Å². The molecule has 0 spiro atoms. The number of thiazole rings is 1. The molecule has 0 aliphatic rings. The average Bonchev–Trinajstić information content (AvgIpc) is 2.67. The molecule has 0 radical (unpaired) electrons. The minimum atomic E-state index is -0.950. The predicted octanol–water partition coefficient (Wildman–Crippen LogP) is 2.96. The van der Waals surface area contributed by atoms with Gasteiger partial charge in [0.25, 0.3) is 0 Å². The molecule has 4 heteroatoms. The van der Waals surface area contributed by atoms with Gasteiger partial charge in [-0.25, -0.2) is 9.78 Å². The zero-order valence-electron chi connectivity index (χ0n) is 8.80. The Morgan fingerprint density at radius 1 is 1.56 bits per heavy atom. The second-order valence-corrected chi connectivity index (χ2v) is 4.44. The minimum Gasteiger partial charge on any atom is -0.478 e. The summed E-state index contributed by atoms with van der Waals surface area (Å²) in [5.74, 6) is -0.950. The second-order valence-electron chi connectivity index (χ2n) is 3.38. The molecule has 2 aromatic rings. The predicted molar refractivity (Wildman–Crippen MR) is 65.7 cm³/mol. The molecule has 0 bridgehead atoms. The van der Waals surface area contributed by atoms with Crippen LogP contribution in [-0.2, 0) is 11.2 Å². The number of carboxylic acids is 1. The quantitative estimate of drug-likeness (QED) is 0.829. The highest BCUT2D eigenvalue weighted by molar-refractivity contribution is 7.19. The smallest absolute Gasteiger partial charge is 0.328 e. The first kappa shape index (κ1) is 10.8. The lowest BCUT2D eigenvalue weighted by Crippen LogP contribution is -1.84. The van der Waals surface area contributed by atoms with Gasteiger partial charge in [-0.15, -0.1) is 11.3 Å². The maximum absolute atomic E-state index is 10.4. The van der Waals surface area contributed by atoms with E-state index in [1.807, 2.05) is 12.1 Å². The fraction of sp³-hybridized carbons (Fsp3) is 0.167. The fourth-order valence-electron chi connectivity index (χ4n) is 1.42. The molecule has 0 unspecified atom stereocenters. The van der Waals surface area contributed by atoms with Crippen LogP contribution in [0.2, 0.25) is 0 Å². The first-order chi connectivity index (χ1) is 7.69. The minimum absolute atomic E-state index is 0.727. The van der Waals surface area contributed by atoms with Crippen molar-refractivity contribution in [2.75, 3.05) is 0 Å². The monoisotopic (exact) mass is 233 g/mol. The normalized spacial score (nSPS) is 11.3. The number of aliphatic carboxylic acids is 1. The van der Waals surface area contributed by atoms with Crippen molar-refractivity contribution in [3.8, 4) is 0 Å². The van der Waals surface area contributed by atoms with Crippen LogP contribution in [-0.4, -0.2) is 16.1 Å². The Bertz CT molecular complexity index is 557. The van der Waals surface area contributed by atoms with E-state index in [-0.39, 0.29) is 0 Å². The summed E-state index contributed by atoms with van der Waals surface area (Å²) in [4.78, 5) is 14.7. The van der Waals surface area contributed by atoms with Gasteiger partial charge in [-0.1, -0.05) is 13.0 Å². The maximum atomic E-state index is 10.4. The Hall–Kier alpha value is -1.68. The number of carbonyl (C=O) groups is 1. The number of aromatic nitrogens is 1. The lowest BCUT2D eigenvalue weighted by molar-refractivity contribution is -0.131. The van der Waals surface area contributed by atoms with E-state index >= 15 is 0 Å². The molecule has 82 valence electrons. The number of fused-ring (bicyclic) bond motifs is 1. The van der Waals surface area contributed by atoms with Crippen molar-refractivity contribution in [3.05, 3.63) is 34.8 Å². The van der Waals surface area contributed by atoms with Crippen molar-refractivity contribution in [2.45, 2.75) is 13.3 Å². The van der Waals surface area contributed by atoms with E-state index in [9.17, 15) is 4.79 Å². The fourth-order valence-corrected chi connectivity index (χ4v) is 2.35. The van der Waals surface area contributed by atoms with Crippen molar-refractivity contribution >= 4 is 33.6 Å². The van der Waals surface area contributed by atoms with Crippen molar-refractivity contribution < 1.29 is 9.90 Å². The van der Waals surface area contributed by atoms with Gasteiger partial charge in [0.05, 0.1) is 10.2 Å². The topological polar surface area (TPSA) is 50.2 Å². The summed E-state index contributed by atoms with van der Waals surface area (Å²) < 4.78 is 1.10. The summed E-state index contributed by atoms with van der Waals surface area (Å²) in [6.07, 6.45) is 3.63. The Labute approximate surface area is 97.1 Å². The molecular formula is C12H11NO2S. The van der Waals surface area contributed by atoms with Crippen LogP contribution in [0.25, 0.3) is 16.3 Å². The largest absolute Gasteiger partial charge is 0.478 e. The van der Waals surface area contributed by atoms with Crippen LogP contribution in [0.4, 0.5) is 0 Å². The molecule has 0 saturated heterocycles. The molecular weight excluding hydrogens is 222 g/mol. The van der Waals surface area contributed by atoms with E-state index in [1.54, 1.807) is 0 Å². The van der Waals surface area contributed by atoms with Crippen LogP contribution in [0.3, 0.4) is 0 Å². The third-order valence-electron chi connectivity index (χ3n) is 2.25. The van der Waals surface area contributed by atoms with Crippen LogP contribution in [0.1, 0.15) is 17.5 Å². The molecule has 1 heterocycles. The molecule has 1 aromatic heterocycles. The van der Waals surface area contributed by atoms with E-state index in [4.69, 9.17) is 5.11 Å². The summed E-state index contributed by atoms with van der Waals surface area (Å²) in [5.41, 5.74) is 2.19. The highest BCUT2D eigenvalue weighted by atomic mass is 32.1. The summed E-state index contributed by atoms with van der Waals surface area (Å²) in [5, 5.41) is 9.25. The van der Waals surface area contributed by atoms with Gasteiger partial charge in [-0.2, -0.15) is 0 Å². The number of nitrogens with zero attached hydrogens (tertiary/aromatic N) is 1. The highest BCUT2D eigenvalue weighted by Crippen LogP contribution is 2.24. The molecule has 1 N–H and O–H groups in total. The van der Waals surface area contributed by atoms with Gasteiger partial charge in [0.15, 0.2) is 0 Å². The van der Waals surface area contributed by atoms with Crippen molar-refractivity contribution in [3.63, 3.8) is 0 Å². The molecule has 3 nitrogen and oxygen atoms in total. The third-order valence-corrected chi connectivity index (χ3v) is 3.23. The number of rotatable bonds is 3. The molecule has 2 rings (SSSR count). The Morgan fingerprint density at radius 2 is 2.38 bits per heavy atom. The standard InChI is InChI=1S/C12H11NO2S/c1-2-8-3-4-9-10(7-8)16-11(13-9)5-6-12(14)15/h3-7H,2H2,1H3,(H,14,15)/b6-5+. The van der Waals surface area contributed by atoms with Crippen molar-refractivity contribution in [2.24, 2.45) is 0 Å². The van der Waals surface area contributed by atoms with E-state index in [0.29, 0.717) is 0 Å². The Morgan fingerprint density at radius 3 is 3.06 bits per heavy atom. The number of hydrogen-bond donors (Lipinski definition) is 1. The van der Waals surface area contributed by atoms with E-state index in [2.05, 4.69) is 18.0 Å². The lowest BCUT2D eigenvalue weighted by Gasteiger charge is -1.93. The maximum Gasteiger partial charge on any atom is 0.328 e. The average molecular weight is 233 g/mol. The summed E-state index contributed by atoms with van der Waals surface area (Å²) in [6, 6.07) is 6.13. The third kappa shape index (κ3) is 2.28. The van der Waals surface area contributed by atoms with Gasteiger partial charge in [-0.3, -0.25) is 0 Å². The first-order valence-electron chi connectivity index (χ1n) is 4.99. The van der Waals surface area contributed by atoms with Gasteiger partial charge >= 0.3 is 5.97 Å². The molecule has 0 aliphatic carbocycles. The van der Waals surface area contributed by atoms with E-state index < -0.39 is 5.97 Å². The summed E-state index contributed by atoms with van der Waals surface area (Å²) in [6.45, 7) is 2.10. The number of aryl methyl sites for hydroxylation is 1. The molecule has 16 heavy (non-hydrogen) atoms. The SMILES string of the molecule is CCc1ccc2nc(/C=C/C(=O)O)sc2c1. The number of carboxylic acid groups (broad SMARTS) is 1. The van der Waals surface area contributed by atoms with Crippen LogP contribution in [0, 0.1) is 0 Å². The Kier molecular flexibility index (Phi) is 3.01. The van der Waals surface area contributed by atoms with Gasteiger partial charge in [0, 0.05) is 6.08 Å². The molecule has 0 saturated carbocycles. The van der Waals surface area contributed by atoms with Crippen molar-refractivity contribution in [1.82, 2.24) is 4.98 Å². The highest BCUT2D eigenvalue weighted by Gasteiger charge is 2.02. The van der Waals surface area contributed by atoms with E-state index in [1.165, 1.54) is 23.0 Å². The van der Waals surface area contributed by atoms with Crippen LogP contribution < -0.4 is 0 Å². The zero-order valence-corrected chi connectivity index (χ0v) is 9.62. The first-order valence-corrected chi connectivity index (χ1v) is 5.81. The Balaban J connectivity index is 2.40. The molecule has 1 aromatic carbocycles.